The summed E-state index contributed by atoms with van der Waals surface area (Å²) in [5.74, 6) is 0.194. The zero-order valence-corrected chi connectivity index (χ0v) is 14.8. The first-order valence-electron chi connectivity index (χ1n) is 7.63. The van der Waals surface area contributed by atoms with Gasteiger partial charge < -0.3 is 14.8 Å². The molecule has 0 radical (unpaired) electrons. The molecule has 0 saturated heterocycles. The Bertz CT molecular complexity index is 681. The van der Waals surface area contributed by atoms with Crippen LogP contribution < -0.4 is 10.1 Å². The summed E-state index contributed by atoms with van der Waals surface area (Å²) in [7, 11) is 0. The lowest BCUT2D eigenvalue weighted by molar-refractivity contribution is -0.0168. The molecule has 0 aliphatic rings. The first-order chi connectivity index (χ1) is 11.3. The zero-order valence-electron chi connectivity index (χ0n) is 14.0. The monoisotopic (exact) mass is 348 g/mol. The first-order valence-corrected chi connectivity index (χ1v) is 8.01. The Morgan fingerprint density at radius 2 is 2.00 bits per heavy atom. The molecule has 1 amide bonds. The van der Waals surface area contributed by atoms with E-state index in [0.717, 1.165) is 0 Å². The van der Waals surface area contributed by atoms with Gasteiger partial charge in [-0.15, -0.1) is 0 Å². The van der Waals surface area contributed by atoms with E-state index in [0.29, 0.717) is 35.4 Å². The van der Waals surface area contributed by atoms with Gasteiger partial charge in [0.2, 0.25) is 5.88 Å². The summed E-state index contributed by atoms with van der Waals surface area (Å²) < 4.78 is 11.0. The van der Waals surface area contributed by atoms with E-state index in [1.165, 1.54) is 6.20 Å². The van der Waals surface area contributed by atoms with Gasteiger partial charge in [-0.25, -0.2) is 4.98 Å². The van der Waals surface area contributed by atoms with Crippen molar-refractivity contribution in [3.05, 3.63) is 53.2 Å². The van der Waals surface area contributed by atoms with E-state index in [-0.39, 0.29) is 11.5 Å². The van der Waals surface area contributed by atoms with E-state index in [1.54, 1.807) is 36.4 Å². The highest BCUT2D eigenvalue weighted by Gasteiger charge is 2.10. The fourth-order valence-electron chi connectivity index (χ4n) is 1.86. The maximum atomic E-state index is 12.2. The fourth-order valence-corrected chi connectivity index (χ4v) is 2.05. The molecule has 0 aliphatic carbocycles. The van der Waals surface area contributed by atoms with Crippen LogP contribution in [0.3, 0.4) is 0 Å². The highest BCUT2D eigenvalue weighted by Crippen LogP contribution is 2.16. The SMILES string of the molecule is CC(C)(C)OCCOc1ccc(C(=O)Nc2cccc(Cl)c2)cn1. The number of nitrogens with one attached hydrogen (secondary N) is 1. The topological polar surface area (TPSA) is 60.5 Å². The molecule has 0 saturated carbocycles. The molecule has 0 fully saturated rings. The minimum Gasteiger partial charge on any atom is -0.475 e. The van der Waals surface area contributed by atoms with Crippen molar-refractivity contribution in [2.45, 2.75) is 26.4 Å². The summed E-state index contributed by atoms with van der Waals surface area (Å²) in [6.45, 7) is 6.83. The van der Waals surface area contributed by atoms with Crippen LogP contribution in [0.1, 0.15) is 31.1 Å². The molecule has 0 aliphatic heterocycles. The number of rotatable bonds is 6. The molecule has 1 N–H and O–H groups in total. The maximum Gasteiger partial charge on any atom is 0.257 e. The van der Waals surface area contributed by atoms with Gasteiger partial charge in [0.1, 0.15) is 6.61 Å². The van der Waals surface area contributed by atoms with Crippen LogP contribution in [0.2, 0.25) is 5.02 Å². The van der Waals surface area contributed by atoms with E-state index in [2.05, 4.69) is 10.3 Å². The van der Waals surface area contributed by atoms with Crippen molar-refractivity contribution in [3.8, 4) is 5.88 Å². The lowest BCUT2D eigenvalue weighted by Gasteiger charge is -2.19. The molecule has 0 unspecified atom stereocenters. The van der Waals surface area contributed by atoms with Gasteiger partial charge in [0.05, 0.1) is 17.8 Å². The molecule has 0 spiro atoms. The van der Waals surface area contributed by atoms with Gasteiger partial charge >= 0.3 is 0 Å². The Labute approximate surface area is 147 Å². The molecule has 1 aromatic heterocycles. The number of benzene rings is 1. The molecule has 1 aromatic carbocycles. The Balaban J connectivity index is 1.86. The summed E-state index contributed by atoms with van der Waals surface area (Å²) in [5.41, 5.74) is 0.874. The Morgan fingerprint density at radius 1 is 1.21 bits per heavy atom. The Hall–Kier alpha value is -2.11. The predicted molar refractivity (Wildman–Crippen MR) is 94.8 cm³/mol. The summed E-state index contributed by atoms with van der Waals surface area (Å²) in [4.78, 5) is 16.3. The molecule has 128 valence electrons. The van der Waals surface area contributed by atoms with Crippen LogP contribution in [0, 0.1) is 0 Å². The molecule has 0 bridgehead atoms. The molecule has 0 atom stereocenters. The Morgan fingerprint density at radius 3 is 2.62 bits per heavy atom. The number of hydrogen-bond donors (Lipinski definition) is 1. The van der Waals surface area contributed by atoms with E-state index in [1.807, 2.05) is 20.8 Å². The van der Waals surface area contributed by atoms with Crippen molar-refractivity contribution in [2.24, 2.45) is 0 Å². The largest absolute Gasteiger partial charge is 0.475 e. The summed E-state index contributed by atoms with van der Waals surface area (Å²) in [5, 5.41) is 3.33. The van der Waals surface area contributed by atoms with Gasteiger partial charge in [0.15, 0.2) is 0 Å². The number of nitrogens with zero attached hydrogens (tertiary/aromatic N) is 1. The predicted octanol–water partition coefficient (Wildman–Crippen LogP) is 4.18. The van der Waals surface area contributed by atoms with Crippen LogP contribution in [0.4, 0.5) is 5.69 Å². The van der Waals surface area contributed by atoms with Crippen molar-refractivity contribution in [1.29, 1.82) is 0 Å². The summed E-state index contributed by atoms with van der Waals surface area (Å²) in [6.07, 6.45) is 1.47. The van der Waals surface area contributed by atoms with Crippen LogP contribution >= 0.6 is 11.6 Å². The highest BCUT2D eigenvalue weighted by molar-refractivity contribution is 6.30. The number of carbonyl (C=O) groups is 1. The number of carbonyl (C=O) groups excluding carboxylic acids is 1. The lowest BCUT2D eigenvalue weighted by atomic mass is 10.2. The maximum absolute atomic E-state index is 12.2. The third-order valence-corrected chi connectivity index (χ3v) is 3.18. The molecule has 5 nitrogen and oxygen atoms in total. The molecule has 1 heterocycles. The average molecular weight is 349 g/mol. The fraction of sp³-hybridized carbons (Fsp3) is 0.333. The van der Waals surface area contributed by atoms with Crippen LogP contribution in [-0.2, 0) is 4.74 Å². The molecular formula is C18H21ClN2O3. The lowest BCUT2D eigenvalue weighted by Crippen LogP contribution is -2.22. The van der Waals surface area contributed by atoms with Crippen molar-refractivity contribution >= 4 is 23.2 Å². The number of halogens is 1. The van der Waals surface area contributed by atoms with E-state index in [9.17, 15) is 4.79 Å². The standard InChI is InChI=1S/C18H21ClN2O3/c1-18(2,3)24-10-9-23-16-8-7-13(12-20-16)17(22)21-15-6-4-5-14(19)11-15/h4-8,11-12H,9-10H2,1-3H3,(H,21,22). The number of anilines is 1. The number of amides is 1. The second-order valence-corrected chi connectivity index (χ2v) is 6.60. The molecule has 24 heavy (non-hydrogen) atoms. The van der Waals surface area contributed by atoms with E-state index in [4.69, 9.17) is 21.1 Å². The third-order valence-electron chi connectivity index (χ3n) is 2.95. The van der Waals surface area contributed by atoms with Crippen LogP contribution in [-0.4, -0.2) is 29.7 Å². The van der Waals surface area contributed by atoms with Gasteiger partial charge in [0.25, 0.3) is 5.91 Å². The second kappa shape index (κ2) is 8.13. The Kier molecular flexibility index (Phi) is 6.17. The van der Waals surface area contributed by atoms with Gasteiger partial charge in [0, 0.05) is 23.0 Å². The third kappa shape index (κ3) is 6.18. The molecule has 6 heteroatoms. The summed E-state index contributed by atoms with van der Waals surface area (Å²) >= 11 is 5.89. The highest BCUT2D eigenvalue weighted by atomic mass is 35.5. The number of hydrogen-bond acceptors (Lipinski definition) is 4. The van der Waals surface area contributed by atoms with E-state index < -0.39 is 0 Å². The smallest absolute Gasteiger partial charge is 0.257 e. The minimum absolute atomic E-state index is 0.195. The van der Waals surface area contributed by atoms with Gasteiger partial charge in [-0.05, 0) is 45.0 Å². The normalized spacial score (nSPS) is 11.2. The van der Waals surface area contributed by atoms with Gasteiger partial charge in [-0.3, -0.25) is 4.79 Å². The number of pyridine rings is 1. The summed E-state index contributed by atoms with van der Waals surface area (Å²) in [6, 6.07) is 10.3. The molecule has 2 aromatic rings. The van der Waals surface area contributed by atoms with Gasteiger partial charge in [-0.1, -0.05) is 17.7 Å². The molecular weight excluding hydrogens is 328 g/mol. The number of ether oxygens (including phenoxy) is 2. The van der Waals surface area contributed by atoms with Crippen molar-refractivity contribution in [3.63, 3.8) is 0 Å². The van der Waals surface area contributed by atoms with Crippen molar-refractivity contribution in [1.82, 2.24) is 4.98 Å². The second-order valence-electron chi connectivity index (χ2n) is 6.16. The zero-order chi connectivity index (χ0) is 17.6. The number of aromatic nitrogens is 1. The van der Waals surface area contributed by atoms with Gasteiger partial charge in [-0.2, -0.15) is 0 Å². The van der Waals surface area contributed by atoms with E-state index >= 15 is 0 Å². The van der Waals surface area contributed by atoms with Crippen LogP contribution in [0.25, 0.3) is 0 Å². The quantitative estimate of drug-likeness (QED) is 0.795. The van der Waals surface area contributed by atoms with Crippen molar-refractivity contribution in [2.75, 3.05) is 18.5 Å². The van der Waals surface area contributed by atoms with Crippen LogP contribution in [0.5, 0.6) is 5.88 Å². The van der Waals surface area contributed by atoms with Crippen molar-refractivity contribution < 1.29 is 14.3 Å². The minimum atomic E-state index is -0.257. The average Bonchev–Trinajstić information content (AvgIpc) is 2.51. The first kappa shape index (κ1) is 18.2. The van der Waals surface area contributed by atoms with Crippen LogP contribution in [0.15, 0.2) is 42.6 Å². The molecule has 2 rings (SSSR count).